The second-order valence-electron chi connectivity index (χ2n) is 8.96. The van der Waals surface area contributed by atoms with Gasteiger partial charge in [0.05, 0.1) is 0 Å². The first-order valence-corrected chi connectivity index (χ1v) is 11.5. The van der Waals surface area contributed by atoms with Crippen molar-refractivity contribution < 1.29 is 14.4 Å². The van der Waals surface area contributed by atoms with Crippen LogP contribution in [0.2, 0.25) is 0 Å². The van der Waals surface area contributed by atoms with Gasteiger partial charge in [0, 0.05) is 36.6 Å². The number of hydrogen-bond acceptors (Lipinski definition) is 4. The van der Waals surface area contributed by atoms with E-state index in [1.165, 1.54) is 11.1 Å². The van der Waals surface area contributed by atoms with Crippen molar-refractivity contribution in [2.24, 2.45) is 11.7 Å². The van der Waals surface area contributed by atoms with Gasteiger partial charge in [0.1, 0.15) is 0 Å². The summed E-state index contributed by atoms with van der Waals surface area (Å²) < 4.78 is 0. The highest BCUT2D eigenvalue weighted by molar-refractivity contribution is 6.00. The number of anilines is 1. The minimum atomic E-state index is -0.205. The number of benzene rings is 2. The summed E-state index contributed by atoms with van der Waals surface area (Å²) >= 11 is 0. The van der Waals surface area contributed by atoms with Crippen LogP contribution < -0.4 is 11.1 Å². The lowest BCUT2D eigenvalue weighted by Crippen LogP contribution is -2.38. The molecule has 3 N–H and O–H groups in total. The van der Waals surface area contributed by atoms with Gasteiger partial charge in [-0.05, 0) is 80.1 Å². The minimum absolute atomic E-state index is 0.0166. The molecule has 2 aromatic rings. The zero-order valence-electron chi connectivity index (χ0n) is 18.4. The lowest BCUT2D eigenvalue weighted by Gasteiger charge is -2.30. The highest BCUT2D eigenvalue weighted by Crippen LogP contribution is 2.24. The Balaban J connectivity index is 1.25. The molecule has 1 aliphatic heterocycles. The van der Waals surface area contributed by atoms with Crippen LogP contribution in [0.25, 0.3) is 0 Å². The molecule has 0 bridgehead atoms. The number of fused-ring (bicyclic) bond motifs is 1. The molecule has 0 atom stereocenters. The van der Waals surface area contributed by atoms with Crippen molar-refractivity contribution in [2.45, 2.75) is 51.5 Å². The van der Waals surface area contributed by atoms with Gasteiger partial charge < -0.3 is 11.1 Å². The van der Waals surface area contributed by atoms with Crippen LogP contribution in [0, 0.1) is 5.92 Å². The number of piperidine rings is 1. The standard InChI is InChI=1S/C26H31N3O3/c27-26(32)20-11-13-29(14-12-20)17-18-3-1-6-23(15-18)28-25(31)10-9-24(30)22-8-7-19-4-2-5-21(19)16-22/h1,3,6-8,15-16,20H,2,4-5,9-14,17H2,(H2,27,32)(H,28,31). The number of hydrogen-bond donors (Lipinski definition) is 2. The topological polar surface area (TPSA) is 92.5 Å². The summed E-state index contributed by atoms with van der Waals surface area (Å²) in [4.78, 5) is 38.6. The molecular formula is C26H31N3O3. The molecule has 1 aliphatic carbocycles. The van der Waals surface area contributed by atoms with E-state index in [0.29, 0.717) is 5.56 Å². The van der Waals surface area contributed by atoms with E-state index in [-0.39, 0.29) is 36.4 Å². The fraction of sp³-hybridized carbons (Fsp3) is 0.423. The van der Waals surface area contributed by atoms with E-state index in [1.54, 1.807) is 0 Å². The van der Waals surface area contributed by atoms with E-state index < -0.39 is 0 Å². The Morgan fingerprint density at radius 1 is 0.969 bits per heavy atom. The molecule has 6 heteroatoms. The van der Waals surface area contributed by atoms with Gasteiger partial charge in [0.25, 0.3) is 0 Å². The van der Waals surface area contributed by atoms with Gasteiger partial charge >= 0.3 is 0 Å². The van der Waals surface area contributed by atoms with Crippen molar-refractivity contribution in [1.29, 1.82) is 0 Å². The normalized spacial score (nSPS) is 16.5. The Hall–Kier alpha value is -2.99. The quantitative estimate of drug-likeness (QED) is 0.624. The number of likely N-dealkylation sites (tertiary alicyclic amines) is 1. The van der Waals surface area contributed by atoms with Gasteiger partial charge in [-0.3, -0.25) is 19.3 Å². The van der Waals surface area contributed by atoms with E-state index in [9.17, 15) is 14.4 Å². The molecule has 2 aromatic carbocycles. The summed E-state index contributed by atoms with van der Waals surface area (Å²) in [5.41, 5.74) is 10.6. The van der Waals surface area contributed by atoms with Gasteiger partial charge in [-0.2, -0.15) is 0 Å². The molecule has 0 unspecified atom stereocenters. The maximum Gasteiger partial charge on any atom is 0.224 e. The van der Waals surface area contributed by atoms with Crippen LogP contribution in [0.5, 0.6) is 0 Å². The Morgan fingerprint density at radius 3 is 2.53 bits per heavy atom. The fourth-order valence-electron chi connectivity index (χ4n) is 4.72. The van der Waals surface area contributed by atoms with Crippen LogP contribution in [-0.4, -0.2) is 35.6 Å². The molecule has 6 nitrogen and oxygen atoms in total. The monoisotopic (exact) mass is 433 g/mol. The number of carbonyl (C=O) groups excluding carboxylic acids is 3. The molecule has 4 rings (SSSR count). The predicted molar refractivity (Wildman–Crippen MR) is 124 cm³/mol. The van der Waals surface area contributed by atoms with Crippen LogP contribution in [-0.2, 0) is 29.0 Å². The smallest absolute Gasteiger partial charge is 0.224 e. The molecule has 0 saturated carbocycles. The molecule has 1 saturated heterocycles. The zero-order chi connectivity index (χ0) is 22.5. The van der Waals surface area contributed by atoms with E-state index in [0.717, 1.165) is 63.0 Å². The summed E-state index contributed by atoms with van der Waals surface area (Å²) in [6.07, 6.45) is 5.25. The summed E-state index contributed by atoms with van der Waals surface area (Å²) in [6, 6.07) is 13.7. The molecule has 1 heterocycles. The highest BCUT2D eigenvalue weighted by Gasteiger charge is 2.23. The van der Waals surface area contributed by atoms with Crippen molar-refractivity contribution >= 4 is 23.3 Å². The maximum absolute atomic E-state index is 12.5. The molecule has 0 spiro atoms. The number of nitrogens with two attached hydrogens (primary N) is 1. The first kappa shape index (κ1) is 22.2. The van der Waals surface area contributed by atoms with Crippen molar-refractivity contribution in [3.8, 4) is 0 Å². The summed E-state index contributed by atoms with van der Waals surface area (Å²) in [5, 5.41) is 2.92. The van der Waals surface area contributed by atoms with Crippen molar-refractivity contribution in [3.05, 3.63) is 64.7 Å². The summed E-state index contributed by atoms with van der Waals surface area (Å²) in [6.45, 7) is 2.45. The molecule has 32 heavy (non-hydrogen) atoms. The number of aryl methyl sites for hydroxylation is 2. The third kappa shape index (κ3) is 5.62. The molecule has 0 radical (unpaired) electrons. The third-order valence-electron chi connectivity index (χ3n) is 6.61. The van der Waals surface area contributed by atoms with Crippen LogP contribution in [0.15, 0.2) is 42.5 Å². The number of primary amides is 1. The second-order valence-corrected chi connectivity index (χ2v) is 8.96. The van der Waals surface area contributed by atoms with Crippen molar-refractivity contribution in [2.75, 3.05) is 18.4 Å². The highest BCUT2D eigenvalue weighted by atomic mass is 16.2. The van der Waals surface area contributed by atoms with Crippen molar-refractivity contribution in [3.63, 3.8) is 0 Å². The number of ketones is 1. The largest absolute Gasteiger partial charge is 0.369 e. The summed E-state index contributed by atoms with van der Waals surface area (Å²) in [7, 11) is 0. The molecular weight excluding hydrogens is 402 g/mol. The van der Waals surface area contributed by atoms with Gasteiger partial charge in [0.2, 0.25) is 11.8 Å². The molecule has 0 aromatic heterocycles. The molecule has 1 fully saturated rings. The lowest BCUT2D eigenvalue weighted by molar-refractivity contribution is -0.123. The molecule has 2 amide bonds. The number of carbonyl (C=O) groups is 3. The van der Waals surface area contributed by atoms with Gasteiger partial charge in [-0.15, -0.1) is 0 Å². The number of amides is 2. The van der Waals surface area contributed by atoms with Crippen LogP contribution >= 0.6 is 0 Å². The first-order valence-electron chi connectivity index (χ1n) is 11.5. The predicted octanol–water partition coefficient (Wildman–Crippen LogP) is 3.47. The number of Topliss-reactive ketones (excluding diaryl/α,β-unsaturated/α-hetero) is 1. The van der Waals surface area contributed by atoms with Crippen molar-refractivity contribution in [1.82, 2.24) is 4.90 Å². The Kier molecular flexibility index (Phi) is 7.00. The SMILES string of the molecule is NC(=O)C1CCN(Cc2cccc(NC(=O)CCC(=O)c3ccc4c(c3)CCC4)c2)CC1. The average Bonchev–Trinajstić information content (AvgIpc) is 3.26. The van der Waals surface area contributed by atoms with Crippen LogP contribution in [0.1, 0.15) is 59.2 Å². The Bertz CT molecular complexity index is 1010. The molecule has 168 valence electrons. The molecule has 2 aliphatic rings. The average molecular weight is 434 g/mol. The zero-order valence-corrected chi connectivity index (χ0v) is 18.4. The van der Waals surface area contributed by atoms with E-state index >= 15 is 0 Å². The van der Waals surface area contributed by atoms with E-state index in [1.807, 2.05) is 36.4 Å². The number of rotatable bonds is 8. The van der Waals surface area contributed by atoms with E-state index in [2.05, 4.69) is 16.3 Å². The lowest BCUT2D eigenvalue weighted by atomic mass is 9.96. The second kappa shape index (κ2) is 10.1. The van der Waals surface area contributed by atoms with Gasteiger partial charge in [0.15, 0.2) is 5.78 Å². The van der Waals surface area contributed by atoms with Crippen LogP contribution in [0.3, 0.4) is 0 Å². The Morgan fingerprint density at radius 2 is 1.75 bits per heavy atom. The van der Waals surface area contributed by atoms with Crippen LogP contribution in [0.4, 0.5) is 5.69 Å². The number of nitrogens with one attached hydrogen (secondary N) is 1. The summed E-state index contributed by atoms with van der Waals surface area (Å²) in [5.74, 6) is -0.359. The number of nitrogens with zero attached hydrogens (tertiary/aromatic N) is 1. The maximum atomic E-state index is 12.5. The fourth-order valence-corrected chi connectivity index (χ4v) is 4.72. The first-order chi connectivity index (χ1) is 15.5. The van der Waals surface area contributed by atoms with E-state index in [4.69, 9.17) is 5.73 Å². The van der Waals surface area contributed by atoms with Gasteiger partial charge in [-0.1, -0.05) is 24.3 Å². The third-order valence-corrected chi connectivity index (χ3v) is 6.61. The van der Waals surface area contributed by atoms with Gasteiger partial charge in [-0.25, -0.2) is 0 Å². The Labute approximate surface area is 189 Å². The minimum Gasteiger partial charge on any atom is -0.369 e.